The summed E-state index contributed by atoms with van der Waals surface area (Å²) in [7, 11) is -2.00. The number of methoxy groups -OCH3 is 1. The minimum atomic E-state index is -3.48. The second-order valence-corrected chi connectivity index (χ2v) is 5.45. The fraction of sp³-hybridized carbons (Fsp3) is 0.545. The molecule has 0 bridgehead atoms. The SMILES string of the molecule is CCCNCCNS(=O)(=O)c1ccc(OC)nc1. The summed E-state index contributed by atoms with van der Waals surface area (Å²) in [6.07, 6.45) is 2.30. The molecule has 6 nitrogen and oxygen atoms in total. The predicted octanol–water partition coefficient (Wildman–Crippen LogP) is 0.368. The number of hydrogen-bond acceptors (Lipinski definition) is 5. The molecule has 1 aromatic heterocycles. The van der Waals surface area contributed by atoms with Crippen LogP contribution in [0.1, 0.15) is 13.3 Å². The quantitative estimate of drug-likeness (QED) is 0.669. The van der Waals surface area contributed by atoms with Gasteiger partial charge in [-0.3, -0.25) is 0 Å². The van der Waals surface area contributed by atoms with Crippen LogP contribution in [0.4, 0.5) is 0 Å². The molecular weight excluding hydrogens is 254 g/mol. The zero-order chi connectivity index (χ0) is 13.4. The molecule has 0 saturated heterocycles. The van der Waals surface area contributed by atoms with E-state index in [9.17, 15) is 8.42 Å². The van der Waals surface area contributed by atoms with Crippen molar-refractivity contribution in [1.29, 1.82) is 0 Å². The number of aromatic nitrogens is 1. The van der Waals surface area contributed by atoms with Crippen molar-refractivity contribution in [2.75, 3.05) is 26.7 Å². The Bertz CT molecular complexity index is 445. The van der Waals surface area contributed by atoms with Crippen LogP contribution in [0.3, 0.4) is 0 Å². The van der Waals surface area contributed by atoms with Gasteiger partial charge >= 0.3 is 0 Å². The predicted molar refractivity (Wildman–Crippen MR) is 69.1 cm³/mol. The van der Waals surface area contributed by atoms with Gasteiger partial charge in [0.15, 0.2) is 0 Å². The van der Waals surface area contributed by atoms with Crippen molar-refractivity contribution in [1.82, 2.24) is 15.0 Å². The van der Waals surface area contributed by atoms with Gasteiger partial charge in [-0.1, -0.05) is 6.92 Å². The zero-order valence-electron chi connectivity index (χ0n) is 10.6. The van der Waals surface area contributed by atoms with Crippen molar-refractivity contribution in [3.63, 3.8) is 0 Å². The van der Waals surface area contributed by atoms with Crippen molar-refractivity contribution >= 4 is 10.0 Å². The van der Waals surface area contributed by atoms with Gasteiger partial charge < -0.3 is 10.1 Å². The largest absolute Gasteiger partial charge is 0.481 e. The lowest BCUT2D eigenvalue weighted by Gasteiger charge is -2.07. The van der Waals surface area contributed by atoms with Crippen LogP contribution in [-0.2, 0) is 10.0 Å². The van der Waals surface area contributed by atoms with Crippen molar-refractivity contribution in [2.45, 2.75) is 18.2 Å². The third-order valence-electron chi connectivity index (χ3n) is 2.25. The van der Waals surface area contributed by atoms with Gasteiger partial charge in [-0.2, -0.15) is 0 Å². The molecule has 0 atom stereocenters. The molecule has 1 aromatic rings. The first-order valence-electron chi connectivity index (χ1n) is 5.80. The van der Waals surface area contributed by atoms with Crippen LogP contribution in [0, 0.1) is 0 Å². The maximum Gasteiger partial charge on any atom is 0.242 e. The van der Waals surface area contributed by atoms with Gasteiger partial charge in [0.2, 0.25) is 15.9 Å². The van der Waals surface area contributed by atoms with Gasteiger partial charge in [-0.05, 0) is 19.0 Å². The summed E-state index contributed by atoms with van der Waals surface area (Å²) in [6.45, 7) is 3.90. The molecule has 0 spiro atoms. The maximum absolute atomic E-state index is 11.8. The van der Waals surface area contributed by atoms with Crippen molar-refractivity contribution in [3.8, 4) is 5.88 Å². The maximum atomic E-state index is 11.8. The minimum absolute atomic E-state index is 0.138. The highest BCUT2D eigenvalue weighted by molar-refractivity contribution is 7.89. The molecule has 0 unspecified atom stereocenters. The van der Waals surface area contributed by atoms with Crippen molar-refractivity contribution in [2.24, 2.45) is 0 Å². The van der Waals surface area contributed by atoms with Crippen LogP contribution in [0.25, 0.3) is 0 Å². The fourth-order valence-corrected chi connectivity index (χ4v) is 2.28. The van der Waals surface area contributed by atoms with E-state index in [1.165, 1.54) is 25.4 Å². The van der Waals surface area contributed by atoms with Crippen molar-refractivity contribution < 1.29 is 13.2 Å². The highest BCUT2D eigenvalue weighted by Gasteiger charge is 2.13. The number of ether oxygens (including phenoxy) is 1. The lowest BCUT2D eigenvalue weighted by molar-refractivity contribution is 0.397. The third kappa shape index (κ3) is 4.59. The first-order chi connectivity index (χ1) is 8.60. The highest BCUT2D eigenvalue weighted by Crippen LogP contribution is 2.11. The van der Waals surface area contributed by atoms with Gasteiger partial charge in [0.05, 0.1) is 13.3 Å². The molecule has 0 radical (unpaired) electrons. The Balaban J connectivity index is 2.51. The molecular formula is C11H19N3O3S. The molecule has 7 heteroatoms. The number of nitrogens with one attached hydrogen (secondary N) is 2. The summed E-state index contributed by atoms with van der Waals surface area (Å²) in [5.41, 5.74) is 0. The molecule has 0 aromatic carbocycles. The second-order valence-electron chi connectivity index (χ2n) is 3.68. The first-order valence-corrected chi connectivity index (χ1v) is 7.29. The van der Waals surface area contributed by atoms with E-state index in [0.29, 0.717) is 19.0 Å². The number of sulfonamides is 1. The summed E-state index contributed by atoms with van der Waals surface area (Å²) >= 11 is 0. The summed E-state index contributed by atoms with van der Waals surface area (Å²) in [5, 5.41) is 3.11. The Hall–Kier alpha value is -1.18. The smallest absolute Gasteiger partial charge is 0.242 e. The van der Waals surface area contributed by atoms with Gasteiger partial charge in [-0.15, -0.1) is 0 Å². The van der Waals surface area contributed by atoms with Crippen LogP contribution in [0.5, 0.6) is 5.88 Å². The summed E-state index contributed by atoms with van der Waals surface area (Å²) in [5.74, 6) is 0.388. The molecule has 1 heterocycles. The summed E-state index contributed by atoms with van der Waals surface area (Å²) in [6, 6.07) is 2.98. The monoisotopic (exact) mass is 273 g/mol. The molecule has 0 saturated carbocycles. The van der Waals surface area contributed by atoms with E-state index in [2.05, 4.69) is 21.9 Å². The van der Waals surface area contributed by atoms with E-state index in [0.717, 1.165) is 13.0 Å². The van der Waals surface area contributed by atoms with E-state index < -0.39 is 10.0 Å². The lowest BCUT2D eigenvalue weighted by atomic mass is 10.5. The summed E-state index contributed by atoms with van der Waals surface area (Å²) < 4.78 is 31.1. The Morgan fingerprint density at radius 3 is 2.61 bits per heavy atom. The summed E-state index contributed by atoms with van der Waals surface area (Å²) in [4.78, 5) is 4.00. The Morgan fingerprint density at radius 2 is 2.06 bits per heavy atom. The van der Waals surface area contributed by atoms with E-state index in [1.54, 1.807) is 0 Å². The number of nitrogens with zero attached hydrogens (tertiary/aromatic N) is 1. The molecule has 2 N–H and O–H groups in total. The Kier molecular flexibility index (Phi) is 6.03. The minimum Gasteiger partial charge on any atom is -0.481 e. The number of rotatable bonds is 8. The standard InChI is InChI=1S/C11H19N3O3S/c1-3-6-12-7-8-14-18(15,16)10-4-5-11(17-2)13-9-10/h4-5,9,12,14H,3,6-8H2,1-2H3. The molecule has 0 aliphatic heterocycles. The number of pyridine rings is 1. The van der Waals surface area contributed by atoms with E-state index >= 15 is 0 Å². The van der Waals surface area contributed by atoms with E-state index in [-0.39, 0.29) is 4.90 Å². The Labute approximate surface area is 108 Å². The topological polar surface area (TPSA) is 80.3 Å². The highest BCUT2D eigenvalue weighted by atomic mass is 32.2. The van der Waals surface area contributed by atoms with Crippen LogP contribution >= 0.6 is 0 Å². The molecule has 1 rings (SSSR count). The first kappa shape index (κ1) is 14.9. The van der Waals surface area contributed by atoms with Gasteiger partial charge in [0, 0.05) is 19.2 Å². The van der Waals surface area contributed by atoms with Crippen LogP contribution < -0.4 is 14.8 Å². The normalized spacial score (nSPS) is 11.4. The Morgan fingerprint density at radius 1 is 1.28 bits per heavy atom. The molecule has 18 heavy (non-hydrogen) atoms. The van der Waals surface area contributed by atoms with Crippen LogP contribution in [-0.4, -0.2) is 40.1 Å². The molecule has 0 aliphatic rings. The average molecular weight is 273 g/mol. The van der Waals surface area contributed by atoms with Gasteiger partial charge in [0.1, 0.15) is 4.90 Å². The van der Waals surface area contributed by atoms with Crippen molar-refractivity contribution in [3.05, 3.63) is 18.3 Å². The van der Waals surface area contributed by atoms with Crippen LogP contribution in [0.15, 0.2) is 23.2 Å². The average Bonchev–Trinajstić information content (AvgIpc) is 2.38. The van der Waals surface area contributed by atoms with Crippen LogP contribution in [0.2, 0.25) is 0 Å². The fourth-order valence-electron chi connectivity index (χ4n) is 1.31. The molecule has 102 valence electrons. The van der Waals surface area contributed by atoms with Gasteiger partial charge in [0.25, 0.3) is 0 Å². The second kappa shape index (κ2) is 7.30. The van der Waals surface area contributed by atoms with E-state index in [4.69, 9.17) is 4.74 Å². The van der Waals surface area contributed by atoms with Gasteiger partial charge in [-0.25, -0.2) is 18.1 Å². The molecule has 0 aliphatic carbocycles. The zero-order valence-corrected chi connectivity index (χ0v) is 11.5. The molecule has 0 amide bonds. The number of hydrogen-bond donors (Lipinski definition) is 2. The lowest BCUT2D eigenvalue weighted by Crippen LogP contribution is -2.32. The third-order valence-corrected chi connectivity index (χ3v) is 3.70. The van der Waals surface area contributed by atoms with E-state index in [1.807, 2.05) is 0 Å². The molecule has 0 fully saturated rings.